The molecule has 0 amide bonds. The molecular formula is C37H28N8. The minimum atomic E-state index is 0.813. The molecule has 0 saturated heterocycles. The van der Waals surface area contributed by atoms with E-state index in [0.717, 1.165) is 97.5 Å². The number of aromatic amines is 3. The molecule has 1 aliphatic carbocycles. The first kappa shape index (κ1) is 24.5. The van der Waals surface area contributed by atoms with E-state index in [1.54, 1.807) is 0 Å². The summed E-state index contributed by atoms with van der Waals surface area (Å²) < 4.78 is 4.56. The van der Waals surface area contributed by atoms with E-state index in [1.165, 1.54) is 17.4 Å². The Morgan fingerprint density at radius 1 is 0.711 bits per heavy atom. The van der Waals surface area contributed by atoms with Crippen molar-refractivity contribution in [2.24, 2.45) is 0 Å². The maximum Gasteiger partial charge on any atom is 0.165 e. The normalized spacial score (nSPS) is 13.4. The Balaban J connectivity index is 1.36. The standard InChI is InChI=1S/C37H28N8/c1-6-15-30-22(8-1)19-21-44(30)31-16-17-32-35(33(31)24-11-7-14-27-23(24)18-20-38-27)39-37(34-25-9-2-4-12-28(25)40-42-34)45(32)36-26-10-3-5-13-29(26)41-43-36/h1-2,4,6-9,11-12,14-21,38H,3,5,10,13H2,(H,40,42)(H,41,43). The molecule has 0 saturated carbocycles. The molecule has 1 aliphatic rings. The predicted molar refractivity (Wildman–Crippen MR) is 179 cm³/mol. The number of aromatic nitrogens is 8. The van der Waals surface area contributed by atoms with Gasteiger partial charge in [0.05, 0.1) is 33.4 Å². The van der Waals surface area contributed by atoms with Crippen molar-refractivity contribution >= 4 is 43.7 Å². The van der Waals surface area contributed by atoms with Crippen molar-refractivity contribution in [2.75, 3.05) is 0 Å². The molecule has 5 heterocycles. The van der Waals surface area contributed by atoms with Gasteiger partial charge in [-0.1, -0.05) is 48.5 Å². The summed E-state index contributed by atoms with van der Waals surface area (Å²) in [7, 11) is 0. The lowest BCUT2D eigenvalue weighted by molar-refractivity contribution is 0.673. The lowest BCUT2D eigenvalue weighted by Gasteiger charge is -2.16. The molecule has 216 valence electrons. The van der Waals surface area contributed by atoms with Crippen molar-refractivity contribution in [3.63, 3.8) is 0 Å². The molecule has 45 heavy (non-hydrogen) atoms. The number of H-pyrrole nitrogens is 3. The van der Waals surface area contributed by atoms with Gasteiger partial charge in [0, 0.05) is 39.8 Å². The van der Waals surface area contributed by atoms with Gasteiger partial charge >= 0.3 is 0 Å². The molecule has 8 nitrogen and oxygen atoms in total. The van der Waals surface area contributed by atoms with Gasteiger partial charge in [-0.3, -0.25) is 14.8 Å². The van der Waals surface area contributed by atoms with Crippen molar-refractivity contribution in [1.82, 2.24) is 39.5 Å². The number of fused-ring (bicyclic) bond motifs is 5. The molecule has 0 bridgehead atoms. The van der Waals surface area contributed by atoms with E-state index in [-0.39, 0.29) is 0 Å². The van der Waals surface area contributed by atoms with Crippen molar-refractivity contribution in [1.29, 1.82) is 0 Å². The number of imidazole rings is 1. The second-order valence-corrected chi connectivity index (χ2v) is 11.9. The second kappa shape index (κ2) is 9.30. The van der Waals surface area contributed by atoms with Crippen molar-refractivity contribution in [3.8, 4) is 34.2 Å². The van der Waals surface area contributed by atoms with Gasteiger partial charge in [-0.2, -0.15) is 10.2 Å². The van der Waals surface area contributed by atoms with Crippen LogP contribution >= 0.6 is 0 Å². The highest BCUT2D eigenvalue weighted by Crippen LogP contribution is 2.42. The van der Waals surface area contributed by atoms with Gasteiger partial charge in [0.25, 0.3) is 0 Å². The van der Waals surface area contributed by atoms with E-state index >= 15 is 0 Å². The van der Waals surface area contributed by atoms with Gasteiger partial charge < -0.3 is 9.55 Å². The molecule has 3 N–H and O–H groups in total. The fraction of sp³-hybridized carbons (Fsp3) is 0.108. The number of aryl methyl sites for hydroxylation is 1. The van der Waals surface area contributed by atoms with Gasteiger partial charge in [0.2, 0.25) is 0 Å². The SMILES string of the molecule is c1ccc2c(c1)ccn2-c1ccc2c(nc(-c3[nH]nc4ccccc34)n2-c2[nH]nc3c2CCCC3)c1-c1cccc2[nH]ccc12. The Kier molecular flexibility index (Phi) is 5.07. The van der Waals surface area contributed by atoms with E-state index in [1.807, 2.05) is 18.3 Å². The van der Waals surface area contributed by atoms with E-state index in [4.69, 9.17) is 10.1 Å². The topological polar surface area (TPSA) is 95.9 Å². The average Bonchev–Trinajstić information content (AvgIpc) is 3.92. The van der Waals surface area contributed by atoms with Crippen molar-refractivity contribution in [2.45, 2.75) is 25.7 Å². The van der Waals surface area contributed by atoms with Gasteiger partial charge in [0.1, 0.15) is 11.5 Å². The molecule has 0 spiro atoms. The van der Waals surface area contributed by atoms with Gasteiger partial charge in [0.15, 0.2) is 5.82 Å². The summed E-state index contributed by atoms with van der Waals surface area (Å²) in [5.74, 6) is 1.80. The first-order valence-corrected chi connectivity index (χ1v) is 15.5. The molecule has 0 aliphatic heterocycles. The largest absolute Gasteiger partial charge is 0.361 e. The van der Waals surface area contributed by atoms with E-state index < -0.39 is 0 Å². The molecule has 10 rings (SSSR count). The highest BCUT2D eigenvalue weighted by atomic mass is 15.3. The fourth-order valence-corrected chi connectivity index (χ4v) is 7.36. The maximum atomic E-state index is 5.55. The average molecular weight is 585 g/mol. The third-order valence-electron chi connectivity index (χ3n) is 9.46. The monoisotopic (exact) mass is 584 g/mol. The molecule has 0 unspecified atom stereocenters. The molecule has 9 aromatic rings. The summed E-state index contributed by atoms with van der Waals surface area (Å²) in [6, 6.07) is 32.0. The number of para-hydroxylation sites is 2. The number of rotatable bonds is 4. The third kappa shape index (κ3) is 3.50. The summed E-state index contributed by atoms with van der Waals surface area (Å²) in [6.45, 7) is 0. The number of hydrogen-bond acceptors (Lipinski definition) is 3. The number of benzene rings is 4. The Morgan fingerprint density at radius 2 is 1.62 bits per heavy atom. The van der Waals surface area contributed by atoms with Crippen LogP contribution in [-0.2, 0) is 12.8 Å². The minimum Gasteiger partial charge on any atom is -0.361 e. The lowest BCUT2D eigenvalue weighted by atomic mass is 9.97. The van der Waals surface area contributed by atoms with Crippen LogP contribution < -0.4 is 0 Å². The third-order valence-corrected chi connectivity index (χ3v) is 9.46. The van der Waals surface area contributed by atoms with Crippen LogP contribution in [0.15, 0.2) is 103 Å². The van der Waals surface area contributed by atoms with Crippen LogP contribution in [-0.4, -0.2) is 39.5 Å². The smallest absolute Gasteiger partial charge is 0.165 e. The van der Waals surface area contributed by atoms with Gasteiger partial charge in [-0.25, -0.2) is 4.98 Å². The van der Waals surface area contributed by atoms with Crippen LogP contribution in [0.5, 0.6) is 0 Å². The van der Waals surface area contributed by atoms with Crippen LogP contribution in [0.1, 0.15) is 24.1 Å². The van der Waals surface area contributed by atoms with Crippen LogP contribution in [0, 0.1) is 0 Å². The first-order chi connectivity index (χ1) is 22.3. The highest BCUT2D eigenvalue weighted by Gasteiger charge is 2.27. The Bertz CT molecular complexity index is 2570. The molecule has 0 atom stereocenters. The van der Waals surface area contributed by atoms with Crippen molar-refractivity contribution < 1.29 is 0 Å². The van der Waals surface area contributed by atoms with E-state index in [9.17, 15) is 0 Å². The zero-order valence-electron chi connectivity index (χ0n) is 24.4. The predicted octanol–water partition coefficient (Wildman–Crippen LogP) is 8.26. The Hall–Kier alpha value is -5.89. The van der Waals surface area contributed by atoms with Gasteiger partial charge in [-0.15, -0.1) is 0 Å². The van der Waals surface area contributed by atoms with Crippen LogP contribution in [0.3, 0.4) is 0 Å². The molecule has 0 radical (unpaired) electrons. The summed E-state index contributed by atoms with van der Waals surface area (Å²) >= 11 is 0. The molecule has 0 fully saturated rings. The Labute approximate surface area is 257 Å². The number of nitrogens with zero attached hydrogens (tertiary/aromatic N) is 5. The molecule has 5 aromatic heterocycles. The minimum absolute atomic E-state index is 0.813. The molecular weight excluding hydrogens is 556 g/mol. The molecule has 4 aromatic carbocycles. The quantitative estimate of drug-likeness (QED) is 0.194. The fourth-order valence-electron chi connectivity index (χ4n) is 7.36. The lowest BCUT2D eigenvalue weighted by Crippen LogP contribution is -2.06. The second-order valence-electron chi connectivity index (χ2n) is 11.9. The van der Waals surface area contributed by atoms with Crippen LogP contribution in [0.2, 0.25) is 0 Å². The first-order valence-electron chi connectivity index (χ1n) is 15.5. The summed E-state index contributed by atoms with van der Waals surface area (Å²) in [5, 5.41) is 19.7. The summed E-state index contributed by atoms with van der Waals surface area (Å²) in [4.78, 5) is 8.97. The van der Waals surface area contributed by atoms with E-state index in [0.29, 0.717) is 0 Å². The van der Waals surface area contributed by atoms with Crippen LogP contribution in [0.25, 0.3) is 77.9 Å². The number of hydrogen-bond donors (Lipinski definition) is 3. The number of nitrogens with one attached hydrogen (secondary N) is 3. The van der Waals surface area contributed by atoms with E-state index in [2.05, 4.69) is 114 Å². The zero-order chi connectivity index (χ0) is 29.5. The highest BCUT2D eigenvalue weighted by molar-refractivity contribution is 6.08. The van der Waals surface area contributed by atoms with Crippen molar-refractivity contribution in [3.05, 3.63) is 115 Å². The Morgan fingerprint density at radius 3 is 2.62 bits per heavy atom. The van der Waals surface area contributed by atoms with Crippen LogP contribution in [0.4, 0.5) is 0 Å². The maximum absolute atomic E-state index is 5.55. The summed E-state index contributed by atoms with van der Waals surface area (Å²) in [6.07, 6.45) is 8.48. The summed E-state index contributed by atoms with van der Waals surface area (Å²) in [5.41, 5.74) is 11.7. The zero-order valence-corrected chi connectivity index (χ0v) is 24.4. The van der Waals surface area contributed by atoms with Gasteiger partial charge in [-0.05, 0) is 79.1 Å². The molecule has 8 heteroatoms.